The van der Waals surface area contributed by atoms with Gasteiger partial charge in [-0.3, -0.25) is 14.6 Å². The van der Waals surface area contributed by atoms with Crippen molar-refractivity contribution in [3.05, 3.63) is 81.5 Å². The normalized spacial score (nSPS) is 14.1. The van der Waals surface area contributed by atoms with Gasteiger partial charge >= 0.3 is 5.97 Å². The van der Waals surface area contributed by atoms with E-state index in [4.69, 9.17) is 9.47 Å². The molecule has 1 aliphatic rings. The summed E-state index contributed by atoms with van der Waals surface area (Å²) in [5.41, 5.74) is 1.96. The first kappa shape index (κ1) is 17.2. The standard InChI is InChI=1S/C21H15NO4S/c1-13-8-15(25-19(23)11-16-5-3-7-27-16)10-17-20(13)21(24)18(26-17)9-14-4-2-6-22-12-14/h2-10,12H,11H2,1H3/b18-9-. The average molecular weight is 377 g/mol. The molecule has 0 radical (unpaired) electrons. The van der Waals surface area contributed by atoms with E-state index in [0.717, 1.165) is 10.4 Å². The number of thiophene rings is 1. The number of ketones is 1. The van der Waals surface area contributed by atoms with E-state index in [0.29, 0.717) is 22.6 Å². The lowest BCUT2D eigenvalue weighted by atomic mass is 10.0. The predicted molar refractivity (Wildman–Crippen MR) is 102 cm³/mol. The van der Waals surface area contributed by atoms with Crippen LogP contribution in [0.1, 0.15) is 26.4 Å². The summed E-state index contributed by atoms with van der Waals surface area (Å²) < 4.78 is 11.2. The highest BCUT2D eigenvalue weighted by Gasteiger charge is 2.30. The Bertz CT molecular complexity index is 1040. The van der Waals surface area contributed by atoms with E-state index in [-0.39, 0.29) is 23.9 Å². The number of benzene rings is 1. The number of pyridine rings is 1. The fourth-order valence-electron chi connectivity index (χ4n) is 2.87. The Kier molecular flexibility index (Phi) is 4.56. The third kappa shape index (κ3) is 3.66. The van der Waals surface area contributed by atoms with Crippen LogP contribution in [0.25, 0.3) is 6.08 Å². The van der Waals surface area contributed by atoms with E-state index in [2.05, 4.69) is 4.98 Å². The maximum Gasteiger partial charge on any atom is 0.316 e. The molecule has 0 saturated carbocycles. The predicted octanol–water partition coefficient (Wildman–Crippen LogP) is 4.22. The number of esters is 1. The first-order chi connectivity index (χ1) is 13.1. The van der Waals surface area contributed by atoms with Crippen molar-refractivity contribution < 1.29 is 19.1 Å². The Labute approximate surface area is 159 Å². The monoisotopic (exact) mass is 377 g/mol. The summed E-state index contributed by atoms with van der Waals surface area (Å²) in [5.74, 6) is 0.440. The highest BCUT2D eigenvalue weighted by atomic mass is 32.1. The van der Waals surface area contributed by atoms with Gasteiger partial charge in [-0.05, 0) is 47.7 Å². The van der Waals surface area contributed by atoms with Crippen molar-refractivity contribution in [2.24, 2.45) is 0 Å². The second-order valence-corrected chi connectivity index (χ2v) is 7.10. The first-order valence-corrected chi connectivity index (χ1v) is 9.20. The van der Waals surface area contributed by atoms with Crippen LogP contribution in [-0.2, 0) is 11.2 Å². The maximum atomic E-state index is 12.6. The van der Waals surface area contributed by atoms with Gasteiger partial charge in [0.15, 0.2) is 5.76 Å². The second-order valence-electron chi connectivity index (χ2n) is 6.07. The minimum absolute atomic E-state index is 0.192. The molecule has 2 aromatic heterocycles. The lowest BCUT2D eigenvalue weighted by Crippen LogP contribution is -2.10. The zero-order chi connectivity index (χ0) is 18.8. The number of hydrogen-bond acceptors (Lipinski definition) is 6. The molecule has 4 rings (SSSR count). The van der Waals surface area contributed by atoms with Crippen LogP contribution >= 0.6 is 11.3 Å². The van der Waals surface area contributed by atoms with Crippen LogP contribution in [-0.4, -0.2) is 16.7 Å². The molecule has 1 aliphatic heterocycles. The average Bonchev–Trinajstić information content (AvgIpc) is 3.24. The van der Waals surface area contributed by atoms with Crippen molar-refractivity contribution in [2.75, 3.05) is 0 Å². The van der Waals surface area contributed by atoms with Crippen molar-refractivity contribution in [2.45, 2.75) is 13.3 Å². The molecule has 0 aliphatic carbocycles. The smallest absolute Gasteiger partial charge is 0.316 e. The van der Waals surface area contributed by atoms with Gasteiger partial charge < -0.3 is 9.47 Å². The Balaban J connectivity index is 1.56. The molecule has 0 fully saturated rings. The molecule has 0 amide bonds. The molecule has 0 unspecified atom stereocenters. The number of fused-ring (bicyclic) bond motifs is 1. The van der Waals surface area contributed by atoms with Gasteiger partial charge in [0.25, 0.3) is 0 Å². The first-order valence-electron chi connectivity index (χ1n) is 8.32. The van der Waals surface area contributed by atoms with Crippen LogP contribution in [0.3, 0.4) is 0 Å². The largest absolute Gasteiger partial charge is 0.452 e. The van der Waals surface area contributed by atoms with Crippen LogP contribution in [0.2, 0.25) is 0 Å². The van der Waals surface area contributed by atoms with Gasteiger partial charge in [-0.25, -0.2) is 0 Å². The summed E-state index contributed by atoms with van der Waals surface area (Å²) in [5, 5.41) is 1.91. The Morgan fingerprint density at radius 3 is 2.93 bits per heavy atom. The minimum atomic E-state index is -0.354. The number of aryl methyl sites for hydroxylation is 1. The fraction of sp³-hybridized carbons (Fsp3) is 0.0952. The number of rotatable bonds is 4. The number of Topliss-reactive ketones (excluding diaryl/α,β-unsaturated/α-hetero) is 1. The quantitative estimate of drug-likeness (QED) is 0.387. The van der Waals surface area contributed by atoms with Crippen LogP contribution in [0, 0.1) is 6.92 Å². The number of hydrogen-bond donors (Lipinski definition) is 0. The van der Waals surface area contributed by atoms with Gasteiger partial charge in [-0.15, -0.1) is 11.3 Å². The van der Waals surface area contributed by atoms with Crippen molar-refractivity contribution in [3.8, 4) is 11.5 Å². The highest BCUT2D eigenvalue weighted by Crippen LogP contribution is 2.37. The maximum absolute atomic E-state index is 12.6. The summed E-state index contributed by atoms with van der Waals surface area (Å²) in [7, 11) is 0. The van der Waals surface area contributed by atoms with Gasteiger partial charge in [-0.1, -0.05) is 12.1 Å². The van der Waals surface area contributed by atoms with E-state index in [1.807, 2.05) is 23.6 Å². The summed E-state index contributed by atoms with van der Waals surface area (Å²) in [6.45, 7) is 1.80. The number of aromatic nitrogens is 1. The van der Waals surface area contributed by atoms with E-state index in [1.54, 1.807) is 43.6 Å². The van der Waals surface area contributed by atoms with Gasteiger partial charge in [0.2, 0.25) is 5.78 Å². The van der Waals surface area contributed by atoms with Gasteiger partial charge in [-0.2, -0.15) is 0 Å². The zero-order valence-corrected chi connectivity index (χ0v) is 15.3. The molecule has 0 atom stereocenters. The van der Waals surface area contributed by atoms with Crippen LogP contribution < -0.4 is 9.47 Å². The molecule has 5 nitrogen and oxygen atoms in total. The van der Waals surface area contributed by atoms with Gasteiger partial charge in [0.05, 0.1) is 12.0 Å². The highest BCUT2D eigenvalue weighted by molar-refractivity contribution is 7.10. The lowest BCUT2D eigenvalue weighted by molar-refractivity contribution is -0.133. The molecule has 0 spiro atoms. The van der Waals surface area contributed by atoms with Gasteiger partial charge in [0, 0.05) is 23.3 Å². The molecule has 134 valence electrons. The van der Waals surface area contributed by atoms with Crippen molar-refractivity contribution >= 4 is 29.2 Å². The number of ether oxygens (including phenoxy) is 2. The SMILES string of the molecule is Cc1cc(OC(=O)Cc2cccs2)cc2c1C(=O)/C(=C/c1cccnc1)O2. The summed E-state index contributed by atoms with van der Waals surface area (Å²) in [4.78, 5) is 29.7. The summed E-state index contributed by atoms with van der Waals surface area (Å²) >= 11 is 1.50. The lowest BCUT2D eigenvalue weighted by Gasteiger charge is -2.07. The topological polar surface area (TPSA) is 65.5 Å². The Hall–Kier alpha value is -3.25. The van der Waals surface area contributed by atoms with E-state index >= 15 is 0 Å². The third-order valence-corrected chi connectivity index (χ3v) is 4.93. The van der Waals surface area contributed by atoms with E-state index in [9.17, 15) is 9.59 Å². The molecular weight excluding hydrogens is 362 g/mol. The molecule has 0 N–H and O–H groups in total. The number of carbonyl (C=O) groups excluding carboxylic acids is 2. The fourth-order valence-corrected chi connectivity index (χ4v) is 3.56. The molecule has 3 aromatic rings. The van der Waals surface area contributed by atoms with Gasteiger partial charge in [0.1, 0.15) is 11.5 Å². The molecule has 1 aromatic carbocycles. The summed E-state index contributed by atoms with van der Waals surface area (Å²) in [6.07, 6.45) is 5.17. The zero-order valence-electron chi connectivity index (χ0n) is 14.5. The number of nitrogens with zero attached hydrogens (tertiary/aromatic N) is 1. The molecule has 0 bridgehead atoms. The molecule has 0 saturated heterocycles. The van der Waals surface area contributed by atoms with Crippen molar-refractivity contribution in [3.63, 3.8) is 0 Å². The molecule has 3 heterocycles. The van der Waals surface area contributed by atoms with Crippen LogP contribution in [0.15, 0.2) is 59.9 Å². The third-order valence-electron chi connectivity index (χ3n) is 4.06. The second kappa shape index (κ2) is 7.17. The molecule has 6 heteroatoms. The molecule has 27 heavy (non-hydrogen) atoms. The van der Waals surface area contributed by atoms with Crippen molar-refractivity contribution in [1.82, 2.24) is 4.98 Å². The van der Waals surface area contributed by atoms with E-state index < -0.39 is 0 Å². The van der Waals surface area contributed by atoms with Crippen molar-refractivity contribution in [1.29, 1.82) is 0 Å². The molecular formula is C21H15NO4S. The Morgan fingerprint density at radius 2 is 2.19 bits per heavy atom. The van der Waals surface area contributed by atoms with Crippen LogP contribution in [0.5, 0.6) is 11.5 Å². The number of carbonyl (C=O) groups is 2. The Morgan fingerprint density at radius 1 is 1.30 bits per heavy atom. The van der Waals surface area contributed by atoms with Crippen LogP contribution in [0.4, 0.5) is 0 Å². The van der Waals surface area contributed by atoms with E-state index in [1.165, 1.54) is 11.3 Å². The minimum Gasteiger partial charge on any atom is -0.452 e. The number of allylic oxidation sites excluding steroid dienone is 1. The summed E-state index contributed by atoms with van der Waals surface area (Å²) in [6, 6.07) is 10.7.